The number of carbonyl (C=O) groups excluding carboxylic acids is 1. The Bertz CT molecular complexity index is 776. The summed E-state index contributed by atoms with van der Waals surface area (Å²) < 4.78 is 0. The molecule has 2 N–H and O–H groups in total. The number of nitrogens with one attached hydrogen (secondary N) is 1. The molecule has 22 heavy (non-hydrogen) atoms. The van der Waals surface area contributed by atoms with Crippen molar-refractivity contribution >= 4 is 22.9 Å². The maximum atomic E-state index is 12.4. The Morgan fingerprint density at radius 2 is 2.09 bits per heavy atom. The molecule has 2 saturated carbocycles. The molecule has 0 saturated heterocycles. The average molecular weight is 297 g/mol. The molecule has 6 heteroatoms. The van der Waals surface area contributed by atoms with Crippen molar-refractivity contribution in [1.29, 1.82) is 0 Å². The Morgan fingerprint density at radius 3 is 2.86 bits per heavy atom. The van der Waals surface area contributed by atoms with Crippen molar-refractivity contribution in [3.8, 4) is 0 Å². The first-order valence-electron chi connectivity index (χ1n) is 7.38. The summed E-state index contributed by atoms with van der Waals surface area (Å²) in [4.78, 5) is 31.8. The summed E-state index contributed by atoms with van der Waals surface area (Å²) in [6, 6.07) is 5.38. The van der Waals surface area contributed by atoms with Crippen LogP contribution < -0.4 is 5.32 Å². The van der Waals surface area contributed by atoms with E-state index in [-0.39, 0.29) is 23.8 Å². The molecule has 2 aliphatic carbocycles. The molecule has 1 amide bonds. The van der Waals surface area contributed by atoms with Gasteiger partial charge in [-0.05, 0) is 42.9 Å². The second-order valence-corrected chi connectivity index (χ2v) is 6.10. The van der Waals surface area contributed by atoms with Crippen LogP contribution in [0.3, 0.4) is 0 Å². The Labute approximate surface area is 126 Å². The molecule has 4 atom stereocenters. The summed E-state index contributed by atoms with van der Waals surface area (Å²) in [6.45, 7) is 0. The van der Waals surface area contributed by atoms with E-state index in [2.05, 4.69) is 15.3 Å². The minimum Gasteiger partial charge on any atom is -0.481 e. The van der Waals surface area contributed by atoms with Crippen molar-refractivity contribution in [1.82, 2.24) is 15.3 Å². The Morgan fingerprint density at radius 1 is 1.23 bits per heavy atom. The van der Waals surface area contributed by atoms with Crippen molar-refractivity contribution in [3.63, 3.8) is 0 Å². The SMILES string of the molecule is O=C(N[C@H]1C[C@@H](C(=O)O)[C@@H]2C[C@@H]21)c1cnc2ncccc2c1. The summed E-state index contributed by atoms with van der Waals surface area (Å²) in [5, 5.41) is 13.0. The highest BCUT2D eigenvalue weighted by Gasteiger charge is 2.57. The van der Waals surface area contributed by atoms with Gasteiger partial charge >= 0.3 is 5.97 Å². The smallest absolute Gasteiger partial charge is 0.306 e. The molecular weight excluding hydrogens is 282 g/mol. The first-order chi connectivity index (χ1) is 10.6. The van der Waals surface area contributed by atoms with E-state index in [0.717, 1.165) is 11.8 Å². The van der Waals surface area contributed by atoms with Gasteiger partial charge in [0.1, 0.15) is 0 Å². The van der Waals surface area contributed by atoms with Gasteiger partial charge in [-0.15, -0.1) is 0 Å². The molecule has 2 fully saturated rings. The summed E-state index contributed by atoms with van der Waals surface area (Å²) in [5.41, 5.74) is 1.09. The third-order valence-corrected chi connectivity index (χ3v) is 4.78. The summed E-state index contributed by atoms with van der Waals surface area (Å²) in [7, 11) is 0. The van der Waals surface area contributed by atoms with Crippen molar-refractivity contribution in [2.75, 3.05) is 0 Å². The number of rotatable bonds is 3. The molecular formula is C16H15N3O3. The van der Waals surface area contributed by atoms with Crippen LogP contribution in [0.4, 0.5) is 0 Å². The normalized spacial score (nSPS) is 29.1. The van der Waals surface area contributed by atoms with Crippen LogP contribution in [-0.2, 0) is 4.79 Å². The third-order valence-electron chi connectivity index (χ3n) is 4.78. The van der Waals surface area contributed by atoms with E-state index >= 15 is 0 Å². The number of aliphatic carboxylic acids is 1. The van der Waals surface area contributed by atoms with Crippen LogP contribution in [0.25, 0.3) is 11.0 Å². The fourth-order valence-electron chi connectivity index (χ4n) is 3.58. The lowest BCUT2D eigenvalue weighted by atomic mass is 10.0. The number of pyridine rings is 2. The highest BCUT2D eigenvalue weighted by atomic mass is 16.4. The summed E-state index contributed by atoms with van der Waals surface area (Å²) >= 11 is 0. The number of hydrogen-bond donors (Lipinski definition) is 2. The van der Waals surface area contributed by atoms with Gasteiger partial charge in [0.25, 0.3) is 5.91 Å². The number of amides is 1. The predicted octanol–water partition coefficient (Wildman–Crippen LogP) is 1.47. The topological polar surface area (TPSA) is 92.2 Å². The third kappa shape index (κ3) is 2.11. The predicted molar refractivity (Wildman–Crippen MR) is 78.1 cm³/mol. The van der Waals surface area contributed by atoms with Crippen LogP contribution in [0.2, 0.25) is 0 Å². The quantitative estimate of drug-likeness (QED) is 0.895. The fourth-order valence-corrected chi connectivity index (χ4v) is 3.58. The molecule has 4 rings (SSSR count). The number of carbonyl (C=O) groups is 2. The Balaban J connectivity index is 1.51. The van der Waals surface area contributed by atoms with Gasteiger partial charge in [0, 0.05) is 23.8 Å². The monoisotopic (exact) mass is 297 g/mol. The maximum absolute atomic E-state index is 12.4. The molecule has 0 bridgehead atoms. The largest absolute Gasteiger partial charge is 0.481 e. The minimum atomic E-state index is -0.748. The van der Waals surface area contributed by atoms with Gasteiger partial charge in [-0.3, -0.25) is 9.59 Å². The molecule has 0 unspecified atom stereocenters. The molecule has 0 aromatic carbocycles. The van der Waals surface area contributed by atoms with Gasteiger partial charge in [-0.2, -0.15) is 0 Å². The van der Waals surface area contributed by atoms with E-state index in [4.69, 9.17) is 5.11 Å². The van der Waals surface area contributed by atoms with Crippen molar-refractivity contribution in [3.05, 3.63) is 36.2 Å². The highest BCUT2D eigenvalue weighted by Crippen LogP contribution is 2.55. The van der Waals surface area contributed by atoms with Gasteiger partial charge in [-0.1, -0.05) is 0 Å². The van der Waals surface area contributed by atoms with Gasteiger partial charge in [0.15, 0.2) is 5.65 Å². The second-order valence-electron chi connectivity index (χ2n) is 6.10. The first-order valence-corrected chi connectivity index (χ1v) is 7.38. The van der Waals surface area contributed by atoms with Crippen LogP contribution in [0.5, 0.6) is 0 Å². The van der Waals surface area contributed by atoms with E-state index < -0.39 is 5.97 Å². The fraction of sp³-hybridized carbons (Fsp3) is 0.375. The second kappa shape index (κ2) is 4.76. The Kier molecular flexibility index (Phi) is 2.85. The zero-order chi connectivity index (χ0) is 15.3. The van der Waals surface area contributed by atoms with E-state index in [1.165, 1.54) is 6.20 Å². The van der Waals surface area contributed by atoms with Gasteiger partial charge < -0.3 is 10.4 Å². The minimum absolute atomic E-state index is 0.0387. The van der Waals surface area contributed by atoms with Crippen LogP contribution in [-0.4, -0.2) is 33.0 Å². The number of nitrogens with zero attached hydrogens (tertiary/aromatic N) is 2. The van der Waals surface area contributed by atoms with E-state index in [9.17, 15) is 9.59 Å². The van der Waals surface area contributed by atoms with Crippen LogP contribution in [0.1, 0.15) is 23.2 Å². The zero-order valence-electron chi connectivity index (χ0n) is 11.8. The van der Waals surface area contributed by atoms with E-state index in [0.29, 0.717) is 23.5 Å². The molecule has 112 valence electrons. The highest BCUT2D eigenvalue weighted by molar-refractivity contribution is 5.97. The van der Waals surface area contributed by atoms with Crippen molar-refractivity contribution in [2.45, 2.75) is 18.9 Å². The number of carboxylic acid groups (broad SMARTS) is 1. The summed E-state index contributed by atoms with van der Waals surface area (Å²) in [5.74, 6) is -0.696. The number of fused-ring (bicyclic) bond motifs is 2. The number of hydrogen-bond acceptors (Lipinski definition) is 4. The summed E-state index contributed by atoms with van der Waals surface area (Å²) in [6.07, 6.45) is 4.60. The van der Waals surface area contributed by atoms with E-state index in [1.54, 1.807) is 18.3 Å². The van der Waals surface area contributed by atoms with Crippen LogP contribution >= 0.6 is 0 Å². The lowest BCUT2D eigenvalue weighted by Crippen LogP contribution is -2.36. The molecule has 0 radical (unpaired) electrons. The van der Waals surface area contributed by atoms with Crippen LogP contribution in [0.15, 0.2) is 30.6 Å². The molecule has 2 aromatic heterocycles. The first kappa shape index (κ1) is 13.2. The lowest BCUT2D eigenvalue weighted by Gasteiger charge is -2.16. The molecule has 6 nitrogen and oxygen atoms in total. The Hall–Kier alpha value is -2.50. The maximum Gasteiger partial charge on any atom is 0.306 e. The van der Waals surface area contributed by atoms with E-state index in [1.807, 2.05) is 6.07 Å². The molecule has 2 aromatic rings. The number of carboxylic acids is 1. The van der Waals surface area contributed by atoms with Gasteiger partial charge in [0.05, 0.1) is 11.5 Å². The molecule has 2 aliphatic rings. The number of aromatic nitrogens is 2. The van der Waals surface area contributed by atoms with Gasteiger partial charge in [0.2, 0.25) is 0 Å². The van der Waals surface area contributed by atoms with Crippen molar-refractivity contribution in [2.24, 2.45) is 17.8 Å². The van der Waals surface area contributed by atoms with Crippen molar-refractivity contribution < 1.29 is 14.7 Å². The molecule has 0 aliphatic heterocycles. The molecule has 0 spiro atoms. The van der Waals surface area contributed by atoms with Crippen LogP contribution in [0, 0.1) is 17.8 Å². The standard InChI is InChI=1S/C16H15N3O3/c20-15(9-4-8-2-1-3-17-14(8)18-7-9)19-13-6-12(16(21)22)10-5-11(10)13/h1-4,7,10-13H,5-6H2,(H,19,20)(H,21,22)/t10-,11+,12-,13+/m1/s1. The molecule has 2 heterocycles. The average Bonchev–Trinajstić information content (AvgIpc) is 3.23. The van der Waals surface area contributed by atoms with Gasteiger partial charge in [-0.25, -0.2) is 9.97 Å². The zero-order valence-corrected chi connectivity index (χ0v) is 11.8. The lowest BCUT2D eigenvalue weighted by molar-refractivity contribution is -0.142.